The molecule has 0 aliphatic rings. The Kier molecular flexibility index (Phi) is 5.72. The van der Waals surface area contributed by atoms with Crippen molar-refractivity contribution >= 4 is 15.9 Å². The summed E-state index contributed by atoms with van der Waals surface area (Å²) < 4.78 is 64.0. The number of alkyl halides is 3. The topological polar surface area (TPSA) is 75.3 Å². The molecular weight excluding hydrogens is 369 g/mol. The summed E-state index contributed by atoms with van der Waals surface area (Å²) >= 11 is 0. The summed E-state index contributed by atoms with van der Waals surface area (Å²) in [5.41, 5.74) is 0.155. The molecule has 0 spiro atoms. The number of aryl methyl sites for hydroxylation is 1. The number of halogens is 3. The van der Waals surface area contributed by atoms with E-state index in [-0.39, 0.29) is 22.6 Å². The maximum absolute atomic E-state index is 12.7. The van der Waals surface area contributed by atoms with Gasteiger partial charge in [-0.3, -0.25) is 4.79 Å². The smallest absolute Gasteiger partial charge is 0.348 e. The SMILES string of the molecule is CNS(=O)(=O)c1ccc(C)c(C(=O)NCc2cccc(C(F)(F)F)c2)c1. The Morgan fingerprint density at radius 1 is 1.12 bits per heavy atom. The second-order valence-electron chi connectivity index (χ2n) is 5.57. The summed E-state index contributed by atoms with van der Waals surface area (Å²) in [5.74, 6) is -0.576. The van der Waals surface area contributed by atoms with Gasteiger partial charge in [0.25, 0.3) is 5.91 Å². The Labute approximate surface area is 149 Å². The lowest BCUT2D eigenvalue weighted by atomic mass is 10.1. The molecule has 0 radical (unpaired) electrons. The molecule has 26 heavy (non-hydrogen) atoms. The predicted octanol–water partition coefficient (Wildman–Crippen LogP) is 2.85. The molecule has 0 aliphatic carbocycles. The van der Waals surface area contributed by atoms with Crippen molar-refractivity contribution in [1.82, 2.24) is 10.0 Å². The minimum Gasteiger partial charge on any atom is -0.348 e. The van der Waals surface area contributed by atoms with Crippen LogP contribution in [-0.2, 0) is 22.7 Å². The average molecular weight is 386 g/mol. The number of carbonyl (C=O) groups is 1. The number of benzene rings is 2. The Bertz CT molecular complexity index is 925. The van der Waals surface area contributed by atoms with Gasteiger partial charge in [0, 0.05) is 12.1 Å². The molecule has 9 heteroatoms. The van der Waals surface area contributed by atoms with E-state index in [2.05, 4.69) is 10.0 Å². The third kappa shape index (κ3) is 4.61. The maximum Gasteiger partial charge on any atom is 0.416 e. The van der Waals surface area contributed by atoms with E-state index in [9.17, 15) is 26.4 Å². The van der Waals surface area contributed by atoms with Gasteiger partial charge in [0.1, 0.15) is 0 Å². The first-order valence-corrected chi connectivity index (χ1v) is 9.01. The fraction of sp³-hybridized carbons (Fsp3) is 0.235. The summed E-state index contributed by atoms with van der Waals surface area (Å²) in [6, 6.07) is 8.70. The summed E-state index contributed by atoms with van der Waals surface area (Å²) in [5, 5.41) is 2.51. The maximum atomic E-state index is 12.7. The summed E-state index contributed by atoms with van der Waals surface area (Å²) in [7, 11) is -2.46. The molecule has 0 atom stereocenters. The molecule has 2 aromatic carbocycles. The fourth-order valence-electron chi connectivity index (χ4n) is 2.27. The van der Waals surface area contributed by atoms with Crippen molar-refractivity contribution in [1.29, 1.82) is 0 Å². The molecule has 0 aromatic heterocycles. The van der Waals surface area contributed by atoms with Crippen LogP contribution in [0.3, 0.4) is 0 Å². The minimum atomic E-state index is -4.47. The second-order valence-corrected chi connectivity index (χ2v) is 7.45. The van der Waals surface area contributed by atoms with E-state index >= 15 is 0 Å². The number of rotatable bonds is 5. The molecule has 2 rings (SSSR count). The van der Waals surface area contributed by atoms with E-state index in [1.54, 1.807) is 6.92 Å². The molecular formula is C17H17F3N2O3S. The number of amides is 1. The summed E-state index contributed by atoms with van der Waals surface area (Å²) in [4.78, 5) is 12.3. The van der Waals surface area contributed by atoms with E-state index < -0.39 is 27.7 Å². The molecule has 0 saturated heterocycles. The first-order valence-electron chi connectivity index (χ1n) is 7.53. The van der Waals surface area contributed by atoms with Crippen molar-refractivity contribution in [3.8, 4) is 0 Å². The monoisotopic (exact) mass is 386 g/mol. The number of carbonyl (C=O) groups excluding carboxylic acids is 1. The lowest BCUT2D eigenvalue weighted by molar-refractivity contribution is -0.137. The number of hydrogen-bond donors (Lipinski definition) is 2. The zero-order chi connectivity index (χ0) is 19.5. The molecule has 0 aliphatic heterocycles. The van der Waals surface area contributed by atoms with Crippen LogP contribution in [0.4, 0.5) is 13.2 Å². The van der Waals surface area contributed by atoms with Crippen molar-refractivity contribution < 1.29 is 26.4 Å². The Morgan fingerprint density at radius 2 is 1.81 bits per heavy atom. The lowest BCUT2D eigenvalue weighted by Gasteiger charge is -2.11. The van der Waals surface area contributed by atoms with Gasteiger partial charge in [-0.15, -0.1) is 0 Å². The van der Waals surface area contributed by atoms with Gasteiger partial charge in [0.15, 0.2) is 0 Å². The third-order valence-electron chi connectivity index (χ3n) is 3.74. The van der Waals surface area contributed by atoms with E-state index in [1.165, 1.54) is 37.4 Å². The van der Waals surface area contributed by atoms with Crippen LogP contribution in [0.5, 0.6) is 0 Å². The van der Waals surface area contributed by atoms with E-state index in [0.29, 0.717) is 5.56 Å². The van der Waals surface area contributed by atoms with E-state index in [1.807, 2.05) is 0 Å². The highest BCUT2D eigenvalue weighted by molar-refractivity contribution is 7.89. The van der Waals surface area contributed by atoms with Crippen LogP contribution in [-0.4, -0.2) is 21.4 Å². The minimum absolute atomic E-state index is 0.0742. The van der Waals surface area contributed by atoms with E-state index in [4.69, 9.17) is 0 Å². The highest BCUT2D eigenvalue weighted by Gasteiger charge is 2.30. The number of hydrogen-bond acceptors (Lipinski definition) is 3. The van der Waals surface area contributed by atoms with Crippen LogP contribution in [0.15, 0.2) is 47.4 Å². The largest absolute Gasteiger partial charge is 0.416 e. The first kappa shape index (κ1) is 19.9. The summed E-state index contributed by atoms with van der Waals surface area (Å²) in [6.45, 7) is 1.51. The van der Waals surface area contributed by atoms with Crippen molar-refractivity contribution in [2.45, 2.75) is 24.5 Å². The zero-order valence-corrected chi connectivity index (χ0v) is 14.8. The Balaban J connectivity index is 2.20. The van der Waals surface area contributed by atoms with Crippen LogP contribution >= 0.6 is 0 Å². The fourth-order valence-corrected chi connectivity index (χ4v) is 3.02. The van der Waals surface area contributed by atoms with Gasteiger partial charge in [0.05, 0.1) is 10.5 Å². The van der Waals surface area contributed by atoms with Crippen LogP contribution in [0.25, 0.3) is 0 Å². The highest BCUT2D eigenvalue weighted by atomic mass is 32.2. The van der Waals surface area contributed by atoms with Crippen molar-refractivity contribution in [2.24, 2.45) is 0 Å². The molecule has 2 aromatic rings. The summed E-state index contributed by atoms with van der Waals surface area (Å²) in [6.07, 6.45) is -4.47. The Morgan fingerprint density at radius 3 is 2.42 bits per heavy atom. The van der Waals surface area contributed by atoms with Gasteiger partial charge >= 0.3 is 6.18 Å². The zero-order valence-electron chi connectivity index (χ0n) is 14.0. The van der Waals surface area contributed by atoms with Gasteiger partial charge in [-0.25, -0.2) is 13.1 Å². The van der Waals surface area contributed by atoms with Crippen molar-refractivity contribution in [2.75, 3.05) is 7.05 Å². The van der Waals surface area contributed by atoms with Crippen molar-refractivity contribution in [3.05, 3.63) is 64.7 Å². The molecule has 0 unspecified atom stereocenters. The molecule has 1 amide bonds. The normalized spacial score (nSPS) is 12.0. The quantitative estimate of drug-likeness (QED) is 0.830. The number of nitrogens with one attached hydrogen (secondary N) is 2. The van der Waals surface area contributed by atoms with Gasteiger partial charge < -0.3 is 5.32 Å². The van der Waals surface area contributed by atoms with Gasteiger partial charge in [-0.05, 0) is 49.4 Å². The standard InChI is InChI=1S/C17H17F3N2O3S/c1-11-6-7-14(26(24,25)21-2)9-15(11)16(23)22-10-12-4-3-5-13(8-12)17(18,19)20/h3-9,21H,10H2,1-2H3,(H,22,23). The van der Waals surface area contributed by atoms with E-state index in [0.717, 1.165) is 12.1 Å². The van der Waals surface area contributed by atoms with Gasteiger partial charge in [-0.1, -0.05) is 18.2 Å². The molecule has 0 bridgehead atoms. The number of sulfonamides is 1. The van der Waals surface area contributed by atoms with Gasteiger partial charge in [-0.2, -0.15) is 13.2 Å². The van der Waals surface area contributed by atoms with Crippen LogP contribution in [0.1, 0.15) is 27.0 Å². The average Bonchev–Trinajstić information content (AvgIpc) is 2.59. The molecule has 5 nitrogen and oxygen atoms in total. The third-order valence-corrected chi connectivity index (χ3v) is 5.15. The van der Waals surface area contributed by atoms with Crippen LogP contribution in [0.2, 0.25) is 0 Å². The Hall–Kier alpha value is -2.39. The molecule has 2 N–H and O–H groups in total. The van der Waals surface area contributed by atoms with Gasteiger partial charge in [0.2, 0.25) is 10.0 Å². The second kappa shape index (κ2) is 7.46. The highest BCUT2D eigenvalue weighted by Crippen LogP contribution is 2.29. The first-order chi connectivity index (χ1) is 12.0. The van der Waals surface area contributed by atoms with Crippen LogP contribution < -0.4 is 10.0 Å². The molecule has 140 valence electrons. The van der Waals surface area contributed by atoms with Crippen molar-refractivity contribution in [3.63, 3.8) is 0 Å². The molecule has 0 saturated carbocycles. The molecule has 0 heterocycles. The van der Waals surface area contributed by atoms with Crippen LogP contribution in [0, 0.1) is 6.92 Å². The predicted molar refractivity (Wildman–Crippen MR) is 90.0 cm³/mol. The molecule has 0 fully saturated rings. The lowest BCUT2D eigenvalue weighted by Crippen LogP contribution is -2.25.